The average Bonchev–Trinajstić information content (AvgIpc) is 1.69. The van der Waals surface area contributed by atoms with Gasteiger partial charge in [0.1, 0.15) is 0 Å². The Hall–Kier alpha value is 0.204. The minimum Gasteiger partial charge on any atom is -0.542 e. The van der Waals surface area contributed by atoms with E-state index in [1.165, 1.54) is 13.2 Å². The molecule has 4 nitrogen and oxygen atoms in total. The third kappa shape index (κ3) is 116. The smallest absolute Gasteiger partial charge is 0 e. The second-order valence-electron chi connectivity index (χ2n) is 0.418. The van der Waals surface area contributed by atoms with Gasteiger partial charge in [-0.25, -0.2) is 0 Å². The van der Waals surface area contributed by atoms with Crippen molar-refractivity contribution in [1.82, 2.24) is 5.48 Å². The van der Waals surface area contributed by atoms with Gasteiger partial charge in [0.15, 0.2) is 0 Å². The minimum absolute atomic E-state index is 0. The maximum absolute atomic E-state index is 8.69. The van der Waals surface area contributed by atoms with Crippen molar-refractivity contribution >= 4 is 12.7 Å². The van der Waals surface area contributed by atoms with Crippen LogP contribution in [0.25, 0.3) is 0 Å². The van der Waals surface area contributed by atoms with E-state index >= 15 is 0 Å². The van der Waals surface area contributed by atoms with Crippen LogP contribution in [0.3, 0.4) is 0 Å². The number of hydrogen-bond donors (Lipinski definition) is 2. The fourth-order valence-corrected chi connectivity index (χ4v) is 0. The number of hydrogen-bond acceptors (Lipinski definition) is 3. The molecular weight excluding hydrogens is 187 g/mol. The van der Waals surface area contributed by atoms with Crippen molar-refractivity contribution in [3.63, 3.8) is 0 Å². The zero-order valence-corrected chi connectivity index (χ0v) is 7.18. The largest absolute Gasteiger partial charge is 0.542 e. The van der Waals surface area contributed by atoms with Gasteiger partial charge in [-0.3, -0.25) is 6.29 Å². The van der Waals surface area contributed by atoms with Crippen molar-refractivity contribution in [3.05, 3.63) is 0 Å². The molecule has 0 aromatic rings. The summed E-state index contributed by atoms with van der Waals surface area (Å²) in [4.78, 5) is 17.4. The number of carbonyl (C=O) groups excluding carboxylic acids is 2. The first-order valence-electron chi connectivity index (χ1n) is 1.38. The van der Waals surface area contributed by atoms with Crippen LogP contribution < -0.4 is 5.48 Å². The van der Waals surface area contributed by atoms with Gasteiger partial charge < -0.3 is 20.3 Å². The van der Waals surface area contributed by atoms with Gasteiger partial charge in [-0.15, -0.1) is 6.41 Å². The van der Waals surface area contributed by atoms with E-state index in [0.717, 1.165) is 11.9 Å². The van der Waals surface area contributed by atoms with Crippen molar-refractivity contribution in [2.24, 2.45) is 0 Å². The summed E-state index contributed by atoms with van der Waals surface area (Å²) in [5.41, 5.74) is 1.12. The molecule has 0 rings (SSSR count). The summed E-state index contributed by atoms with van der Waals surface area (Å²) >= 11 is 0. The molecule has 8 heavy (non-hydrogen) atoms. The Labute approximate surface area is 72.5 Å². The number of amides is 1. The zero-order valence-electron chi connectivity index (χ0n) is 4.34. The molecule has 0 heterocycles. The van der Waals surface area contributed by atoms with E-state index in [4.69, 9.17) is 14.8 Å². The molecular formula is C3H5NO3Y-2. The summed E-state index contributed by atoms with van der Waals surface area (Å²) in [6.45, 7) is 1.32. The van der Waals surface area contributed by atoms with Gasteiger partial charge in [-0.05, 0) is 0 Å². The molecule has 2 N–H and O–H groups in total. The summed E-state index contributed by atoms with van der Waals surface area (Å²) in [5, 5.41) is 7.20. The molecule has 0 aliphatic heterocycles. The van der Waals surface area contributed by atoms with Crippen molar-refractivity contribution in [3.8, 4) is 0 Å². The number of hydroxylamine groups is 1. The van der Waals surface area contributed by atoms with E-state index < -0.39 is 0 Å². The molecule has 0 aliphatic carbocycles. The van der Waals surface area contributed by atoms with E-state index in [1.807, 2.05) is 0 Å². The minimum atomic E-state index is 0. The molecule has 1 amide bonds. The van der Waals surface area contributed by atoms with Gasteiger partial charge >= 0.3 is 0 Å². The van der Waals surface area contributed by atoms with Crippen LogP contribution in [0.4, 0.5) is 0 Å². The number of rotatable bonds is 1. The summed E-state index contributed by atoms with van der Waals surface area (Å²) in [6.07, 6.45) is 2.49. The summed E-state index contributed by atoms with van der Waals surface area (Å²) in [7, 11) is 0. The Kier molecular flexibility index (Phi) is 53.1. The Balaban J connectivity index is -0.0000000575. The second-order valence-corrected chi connectivity index (χ2v) is 0.418. The van der Waals surface area contributed by atoms with Crippen LogP contribution in [-0.2, 0) is 42.3 Å². The van der Waals surface area contributed by atoms with Gasteiger partial charge in [0.05, 0.1) is 0 Å². The molecule has 0 aliphatic rings. The van der Waals surface area contributed by atoms with Crippen molar-refractivity contribution in [2.75, 3.05) is 0 Å². The van der Waals surface area contributed by atoms with Crippen LogP contribution in [0.2, 0.25) is 0 Å². The van der Waals surface area contributed by atoms with Gasteiger partial charge in [-0.1, -0.05) is 0 Å². The molecule has 0 unspecified atom stereocenters. The van der Waals surface area contributed by atoms with Crippen LogP contribution in [-0.4, -0.2) is 17.9 Å². The van der Waals surface area contributed by atoms with E-state index in [0.29, 0.717) is 0 Å². The molecule has 0 fully saturated rings. The monoisotopic (exact) mass is 192 g/mol. The summed E-state index contributed by atoms with van der Waals surface area (Å²) in [5.74, 6) is 0. The first kappa shape index (κ1) is 15.7. The first-order chi connectivity index (χ1) is 3.33. The third-order valence-corrected chi connectivity index (χ3v) is 0.0456. The predicted octanol–water partition coefficient (Wildman–Crippen LogP) is -0.854. The molecule has 0 saturated carbocycles. The Morgan fingerprint density at radius 2 is 1.62 bits per heavy atom. The molecule has 5 heteroatoms. The van der Waals surface area contributed by atoms with Crippen LogP contribution in [0.15, 0.2) is 0 Å². The van der Waals surface area contributed by atoms with Crippen LogP contribution in [0.5, 0.6) is 0 Å². The van der Waals surface area contributed by atoms with Crippen LogP contribution in [0.1, 0.15) is 6.92 Å². The molecule has 45 valence electrons. The maximum atomic E-state index is 8.69. The average molecular weight is 192 g/mol. The van der Waals surface area contributed by atoms with Crippen molar-refractivity contribution < 1.29 is 47.5 Å². The fourth-order valence-electron chi connectivity index (χ4n) is 0. The maximum Gasteiger partial charge on any atom is 0 e. The fraction of sp³-hybridized carbons (Fsp3) is 0.333. The summed E-state index contributed by atoms with van der Waals surface area (Å²) < 4.78 is 0. The normalized spacial score (nSPS) is 4.25. The van der Waals surface area contributed by atoms with E-state index in [9.17, 15) is 0 Å². The molecule has 0 bridgehead atoms. The molecule has 0 aromatic carbocycles. The quantitative estimate of drug-likeness (QED) is 0.246. The van der Waals surface area contributed by atoms with Gasteiger partial charge in [0.2, 0.25) is 0 Å². The Morgan fingerprint density at radius 1 is 1.50 bits per heavy atom. The predicted molar refractivity (Wildman–Crippen MR) is 22.0 cm³/mol. The second kappa shape index (κ2) is 27.0. The van der Waals surface area contributed by atoms with Gasteiger partial charge in [0.25, 0.3) is 0 Å². The van der Waals surface area contributed by atoms with Gasteiger partial charge in [-0.2, -0.15) is 6.92 Å². The molecule has 0 spiro atoms. The van der Waals surface area contributed by atoms with Crippen LogP contribution in [0, 0.1) is 0 Å². The van der Waals surface area contributed by atoms with E-state index in [-0.39, 0.29) is 32.7 Å². The van der Waals surface area contributed by atoms with Crippen LogP contribution >= 0.6 is 0 Å². The number of nitrogens with one attached hydrogen (secondary N) is 1. The SMILES string of the molecule is C[C-]=O.O=[C-]NO.[Y]. The Morgan fingerprint density at radius 3 is 1.62 bits per heavy atom. The topological polar surface area (TPSA) is 66.4 Å². The van der Waals surface area contributed by atoms with Gasteiger partial charge in [0, 0.05) is 32.7 Å². The summed E-state index contributed by atoms with van der Waals surface area (Å²) in [6, 6.07) is 0. The van der Waals surface area contributed by atoms with Crippen molar-refractivity contribution in [1.29, 1.82) is 0 Å². The first-order valence-corrected chi connectivity index (χ1v) is 1.38. The standard InChI is InChI=1S/C2H3O.CH2NO2.Y/c1-2-3;3-1-2-4;/h1H3;4H,(H,2,3);/q2*-1;. The Bertz CT molecular complexity index is 49.8. The molecule has 0 saturated heterocycles. The molecule has 0 aromatic heterocycles. The van der Waals surface area contributed by atoms with E-state index in [1.54, 1.807) is 0 Å². The molecule has 1 radical (unpaired) electrons. The molecule has 0 atom stereocenters. The van der Waals surface area contributed by atoms with E-state index in [2.05, 4.69) is 0 Å². The zero-order chi connectivity index (χ0) is 6.12. The van der Waals surface area contributed by atoms with Crippen molar-refractivity contribution in [2.45, 2.75) is 6.92 Å². The third-order valence-electron chi connectivity index (χ3n) is 0.0456.